The van der Waals surface area contributed by atoms with E-state index in [0.29, 0.717) is 25.3 Å². The lowest BCUT2D eigenvalue weighted by molar-refractivity contribution is -0.837. The van der Waals surface area contributed by atoms with Crippen molar-refractivity contribution in [3.8, 4) is 0 Å². The summed E-state index contributed by atoms with van der Waals surface area (Å²) in [4.78, 5) is 17.1. The summed E-state index contributed by atoms with van der Waals surface area (Å²) in [6.07, 6.45) is 10.9. The summed E-state index contributed by atoms with van der Waals surface area (Å²) in [6, 6.07) is 0. The van der Waals surface area contributed by atoms with Gasteiger partial charge in [-0.25, -0.2) is 4.99 Å². The maximum absolute atomic E-state index is 12.8. The number of Topliss-reactive ketones (excluding diaryl/α,β-unsaturated/α-hetero) is 1. The van der Waals surface area contributed by atoms with Crippen LogP contribution in [-0.4, -0.2) is 83.9 Å². The number of nitrogens with zero attached hydrogens (tertiary/aromatic N) is 2. The number of carbonyl (C=O) groups excluding carboxylic acids is 1. The number of carbonyl (C=O) groups is 1. The zero-order valence-electron chi connectivity index (χ0n) is 18.0. The average molecular weight is 448 g/mol. The van der Waals surface area contributed by atoms with Crippen LogP contribution in [0.3, 0.4) is 0 Å². The van der Waals surface area contributed by atoms with E-state index >= 15 is 0 Å². The molecular weight excluding hydrogens is 408 g/mol. The third-order valence-electron chi connectivity index (χ3n) is 5.54. The Labute approximate surface area is 181 Å². The predicted octanol–water partition coefficient (Wildman–Crippen LogP) is 2.11. The number of ketones is 1. The zero-order chi connectivity index (χ0) is 22.5. The van der Waals surface area contributed by atoms with Gasteiger partial charge in [-0.15, -0.1) is 6.58 Å². The molecule has 0 radical (unpaired) electrons. The van der Waals surface area contributed by atoms with Crippen LogP contribution in [-0.2, 0) is 14.9 Å². The summed E-state index contributed by atoms with van der Waals surface area (Å²) < 4.78 is 31.0. The van der Waals surface area contributed by atoms with Crippen LogP contribution < -0.4 is 0 Å². The lowest BCUT2D eigenvalue weighted by Crippen LogP contribution is -2.59. The van der Waals surface area contributed by atoms with Crippen molar-refractivity contribution < 1.29 is 32.5 Å². The number of aliphatic hydroxyl groups excluding tert-OH is 2. The SMILES string of the molecule is C=CCCCCCCCCCCC(=O)C1=NCC[N+]1(CCO)CC(O)CS(=O)(=O)O. The third-order valence-corrected chi connectivity index (χ3v) is 6.35. The summed E-state index contributed by atoms with van der Waals surface area (Å²) in [7, 11) is -4.33. The van der Waals surface area contributed by atoms with Crippen LogP contribution in [0.1, 0.15) is 64.2 Å². The highest BCUT2D eigenvalue weighted by molar-refractivity contribution is 7.85. The first-order chi connectivity index (χ1) is 14.2. The van der Waals surface area contributed by atoms with Crippen LogP contribution in [0.25, 0.3) is 0 Å². The second-order valence-electron chi connectivity index (χ2n) is 8.19. The summed E-state index contributed by atoms with van der Waals surface area (Å²) in [5.41, 5.74) is 0. The van der Waals surface area contributed by atoms with Gasteiger partial charge in [-0.05, 0) is 19.3 Å². The smallest absolute Gasteiger partial charge is 0.267 e. The van der Waals surface area contributed by atoms with Gasteiger partial charge in [0.05, 0.1) is 13.2 Å². The Morgan fingerprint density at radius 3 is 2.30 bits per heavy atom. The van der Waals surface area contributed by atoms with Crippen molar-refractivity contribution in [2.24, 2.45) is 4.99 Å². The number of aliphatic imine (C=N–C) groups is 1. The van der Waals surface area contributed by atoms with Crippen LogP contribution in [0.2, 0.25) is 0 Å². The van der Waals surface area contributed by atoms with Gasteiger partial charge in [0.1, 0.15) is 31.5 Å². The molecule has 0 amide bonds. The molecule has 0 saturated heterocycles. The molecule has 8 nitrogen and oxygen atoms in total. The molecule has 0 aromatic heterocycles. The topological polar surface area (TPSA) is 124 Å². The number of hydrogen-bond acceptors (Lipinski definition) is 6. The Bertz CT molecular complexity index is 664. The van der Waals surface area contributed by atoms with E-state index in [2.05, 4.69) is 11.6 Å². The quantitative estimate of drug-likeness (QED) is 0.128. The molecule has 0 spiro atoms. The van der Waals surface area contributed by atoms with Crippen molar-refractivity contribution in [1.29, 1.82) is 0 Å². The van der Waals surface area contributed by atoms with Gasteiger partial charge in [0.2, 0.25) is 5.78 Å². The van der Waals surface area contributed by atoms with Gasteiger partial charge < -0.3 is 10.2 Å². The fraction of sp³-hybridized carbons (Fsp3) is 0.810. The largest absolute Gasteiger partial charge is 0.390 e. The molecule has 3 N–H and O–H groups in total. The highest BCUT2D eigenvalue weighted by Crippen LogP contribution is 2.20. The fourth-order valence-corrected chi connectivity index (χ4v) is 4.67. The first-order valence-electron chi connectivity index (χ1n) is 11.0. The Morgan fingerprint density at radius 2 is 1.73 bits per heavy atom. The molecule has 1 heterocycles. The number of rotatable bonds is 18. The van der Waals surface area contributed by atoms with Crippen molar-refractivity contribution in [1.82, 2.24) is 0 Å². The van der Waals surface area contributed by atoms with Crippen LogP contribution in [0.5, 0.6) is 0 Å². The number of aliphatic hydroxyl groups is 2. The molecule has 0 aromatic carbocycles. The van der Waals surface area contributed by atoms with Gasteiger partial charge in [0.25, 0.3) is 16.0 Å². The zero-order valence-corrected chi connectivity index (χ0v) is 18.9. The van der Waals surface area contributed by atoms with Gasteiger partial charge in [0.15, 0.2) is 0 Å². The van der Waals surface area contributed by atoms with Crippen molar-refractivity contribution in [3.63, 3.8) is 0 Å². The molecular formula is C21H39N2O6S+. The van der Waals surface area contributed by atoms with E-state index in [4.69, 9.17) is 4.55 Å². The number of allylic oxidation sites excluding steroid dienone is 1. The number of amidine groups is 1. The van der Waals surface area contributed by atoms with Gasteiger partial charge in [-0.1, -0.05) is 44.6 Å². The number of hydrogen-bond donors (Lipinski definition) is 3. The molecule has 30 heavy (non-hydrogen) atoms. The van der Waals surface area contributed by atoms with Gasteiger partial charge in [0, 0.05) is 6.42 Å². The number of unbranched alkanes of at least 4 members (excludes halogenated alkanes) is 8. The minimum atomic E-state index is -4.33. The molecule has 2 atom stereocenters. The molecule has 0 fully saturated rings. The van der Waals surface area contributed by atoms with Gasteiger partial charge in [-0.2, -0.15) is 8.42 Å². The molecule has 1 aliphatic rings. The normalized spacial score (nSPS) is 20.2. The Balaban J connectivity index is 2.44. The fourth-order valence-electron chi connectivity index (χ4n) is 4.08. The minimum Gasteiger partial charge on any atom is -0.390 e. The van der Waals surface area contributed by atoms with Crippen molar-refractivity contribution >= 4 is 21.7 Å². The highest BCUT2D eigenvalue weighted by Gasteiger charge is 2.43. The minimum absolute atomic E-state index is 0.0310. The molecule has 0 bridgehead atoms. The summed E-state index contributed by atoms with van der Waals surface area (Å²) >= 11 is 0. The maximum Gasteiger partial charge on any atom is 0.267 e. The van der Waals surface area contributed by atoms with Crippen LogP contribution in [0.4, 0.5) is 0 Å². The Hall–Kier alpha value is -1.13. The van der Waals surface area contributed by atoms with Gasteiger partial charge in [-0.3, -0.25) is 13.8 Å². The van der Waals surface area contributed by atoms with Crippen molar-refractivity contribution in [2.75, 3.05) is 38.5 Å². The predicted molar refractivity (Wildman–Crippen MR) is 118 cm³/mol. The molecule has 9 heteroatoms. The molecule has 1 aliphatic heterocycles. The molecule has 2 unspecified atom stereocenters. The lowest BCUT2D eigenvalue weighted by atomic mass is 10.0. The van der Waals surface area contributed by atoms with E-state index in [9.17, 15) is 23.4 Å². The Morgan fingerprint density at radius 1 is 1.13 bits per heavy atom. The van der Waals surface area contributed by atoms with Crippen LogP contribution in [0, 0.1) is 0 Å². The summed E-state index contributed by atoms with van der Waals surface area (Å²) in [5, 5.41) is 19.6. The monoisotopic (exact) mass is 447 g/mol. The van der Waals surface area contributed by atoms with Crippen molar-refractivity contribution in [3.05, 3.63) is 12.7 Å². The van der Waals surface area contributed by atoms with E-state index in [-0.39, 0.29) is 30.0 Å². The molecule has 174 valence electrons. The van der Waals surface area contributed by atoms with Crippen LogP contribution in [0.15, 0.2) is 17.6 Å². The standard InChI is InChI=1S/C21H38N2O6S/c1-2-3-4-5-6-7-8-9-10-11-12-20(26)21-22-13-14-23(21,15-16-24)17-19(25)18-30(27,28)29/h2,19,24-25H,1,3-18H2/p+1. The highest BCUT2D eigenvalue weighted by atomic mass is 32.2. The number of quaternary nitrogens is 1. The lowest BCUT2D eigenvalue weighted by Gasteiger charge is -2.34. The van der Waals surface area contributed by atoms with E-state index < -0.39 is 22.0 Å². The molecule has 1 rings (SSSR count). The first-order valence-corrected chi connectivity index (χ1v) is 12.6. The molecule has 0 aromatic rings. The maximum atomic E-state index is 12.8. The van der Waals surface area contributed by atoms with E-state index in [1.807, 2.05) is 6.08 Å². The summed E-state index contributed by atoms with van der Waals surface area (Å²) in [6.45, 7) is 4.44. The van der Waals surface area contributed by atoms with Crippen molar-refractivity contribution in [2.45, 2.75) is 70.3 Å². The van der Waals surface area contributed by atoms with Crippen LogP contribution >= 0.6 is 0 Å². The van der Waals surface area contributed by atoms with Gasteiger partial charge >= 0.3 is 0 Å². The van der Waals surface area contributed by atoms with E-state index in [1.54, 1.807) is 0 Å². The van der Waals surface area contributed by atoms with E-state index in [1.165, 1.54) is 25.7 Å². The molecule has 0 saturated carbocycles. The second-order valence-corrected chi connectivity index (χ2v) is 9.68. The first kappa shape index (κ1) is 26.9. The second kappa shape index (κ2) is 14.0. The van der Waals surface area contributed by atoms with E-state index in [0.717, 1.165) is 32.1 Å². The summed E-state index contributed by atoms with van der Waals surface area (Å²) in [5.74, 6) is -0.599. The average Bonchev–Trinajstić information content (AvgIpc) is 3.04. The molecule has 0 aliphatic carbocycles. The third kappa shape index (κ3) is 10.3. The Kier molecular flexibility index (Phi) is 12.6.